The number of nitrogens with zero attached hydrogens (tertiary/aromatic N) is 2. The molecule has 1 aromatic carbocycles. The second kappa shape index (κ2) is 9.26. The van der Waals surface area contributed by atoms with Crippen molar-refractivity contribution in [1.82, 2.24) is 15.1 Å². The molecule has 9 heteroatoms. The average Bonchev–Trinajstić information content (AvgIpc) is 3.17. The van der Waals surface area contributed by atoms with Crippen molar-refractivity contribution in [2.24, 2.45) is 5.92 Å². The van der Waals surface area contributed by atoms with Crippen molar-refractivity contribution in [3.63, 3.8) is 0 Å². The third kappa shape index (κ3) is 5.47. The smallest absolute Gasteiger partial charge is 0.381 e. The Labute approximate surface area is 166 Å². The summed E-state index contributed by atoms with van der Waals surface area (Å²) < 4.78 is 44.0. The summed E-state index contributed by atoms with van der Waals surface area (Å²) in [5.41, 5.74) is -0.266. The third-order valence-electron chi connectivity index (χ3n) is 4.92. The fraction of sp³-hybridized carbons (Fsp3) is 0.526. The van der Waals surface area contributed by atoms with E-state index in [0.29, 0.717) is 30.6 Å². The van der Waals surface area contributed by atoms with Gasteiger partial charge in [0.25, 0.3) is 0 Å². The van der Waals surface area contributed by atoms with Gasteiger partial charge < -0.3 is 9.84 Å². The van der Waals surface area contributed by atoms with Gasteiger partial charge >= 0.3 is 6.18 Å². The highest BCUT2D eigenvalue weighted by Crippen LogP contribution is 2.31. The molecule has 1 saturated heterocycles. The molecule has 0 bridgehead atoms. The zero-order valence-electron chi connectivity index (χ0n) is 15.3. The monoisotopic (exact) mass is 417 g/mol. The first-order chi connectivity index (χ1) is 13.3. The lowest BCUT2D eigenvalue weighted by atomic mass is 9.98. The van der Waals surface area contributed by atoms with Gasteiger partial charge in [0.15, 0.2) is 5.69 Å². The Morgan fingerprint density at radius 1 is 1.36 bits per heavy atom. The molecule has 0 amide bonds. The fourth-order valence-corrected chi connectivity index (χ4v) is 3.52. The molecule has 1 aliphatic rings. The van der Waals surface area contributed by atoms with Crippen LogP contribution in [0.3, 0.4) is 0 Å². The lowest BCUT2D eigenvalue weighted by Crippen LogP contribution is -2.32. The summed E-state index contributed by atoms with van der Waals surface area (Å²) in [5, 5.41) is 16.9. The van der Waals surface area contributed by atoms with Crippen molar-refractivity contribution in [1.29, 1.82) is 0 Å². The number of benzene rings is 1. The first kappa shape index (κ1) is 21.1. The zero-order valence-corrected chi connectivity index (χ0v) is 16.0. The van der Waals surface area contributed by atoms with E-state index in [0.717, 1.165) is 37.5 Å². The number of alkyl halides is 3. The Bertz CT molecular complexity index is 763. The number of aromatic amines is 1. The van der Waals surface area contributed by atoms with Gasteiger partial charge in [-0.05, 0) is 42.9 Å². The molecule has 1 fully saturated rings. The first-order valence-electron chi connectivity index (χ1n) is 9.20. The molecule has 0 saturated carbocycles. The van der Waals surface area contributed by atoms with Gasteiger partial charge in [-0.15, -0.1) is 0 Å². The number of halogens is 4. The number of rotatable bonds is 7. The topological polar surface area (TPSA) is 61.4 Å². The number of aliphatic hydroxyl groups is 1. The second-order valence-electron chi connectivity index (χ2n) is 7.01. The van der Waals surface area contributed by atoms with Crippen LogP contribution in [-0.2, 0) is 17.5 Å². The number of aliphatic hydroxyl groups excluding tert-OH is 1. The number of hydrogen-bond acceptors (Lipinski definition) is 4. The van der Waals surface area contributed by atoms with Gasteiger partial charge in [0.1, 0.15) is 6.23 Å². The Hall–Kier alpha value is -1.61. The number of hydrogen-bond donors (Lipinski definition) is 2. The lowest BCUT2D eigenvalue weighted by molar-refractivity contribution is -0.141. The van der Waals surface area contributed by atoms with Crippen LogP contribution in [0.1, 0.15) is 42.4 Å². The summed E-state index contributed by atoms with van der Waals surface area (Å²) in [6.45, 7) is 2.21. The van der Waals surface area contributed by atoms with Gasteiger partial charge in [0.05, 0.1) is 5.69 Å². The number of H-pyrrole nitrogens is 1. The Morgan fingerprint density at radius 3 is 2.79 bits per heavy atom. The van der Waals surface area contributed by atoms with Gasteiger partial charge in [0.2, 0.25) is 0 Å². The molecule has 5 nitrogen and oxygen atoms in total. The highest BCUT2D eigenvalue weighted by Gasteiger charge is 2.35. The maximum atomic E-state index is 12.8. The second-order valence-corrected chi connectivity index (χ2v) is 7.42. The minimum absolute atomic E-state index is 0.000673. The highest BCUT2D eigenvalue weighted by atomic mass is 35.5. The molecule has 28 heavy (non-hydrogen) atoms. The molecule has 2 N–H and O–H groups in total. The van der Waals surface area contributed by atoms with E-state index in [1.807, 2.05) is 12.1 Å². The molecule has 0 radical (unpaired) electrons. The molecule has 2 unspecified atom stereocenters. The Balaban J connectivity index is 1.75. The highest BCUT2D eigenvalue weighted by molar-refractivity contribution is 6.31. The minimum atomic E-state index is -4.57. The van der Waals surface area contributed by atoms with Crippen molar-refractivity contribution in [2.45, 2.75) is 38.2 Å². The van der Waals surface area contributed by atoms with Crippen molar-refractivity contribution in [2.75, 3.05) is 19.8 Å². The van der Waals surface area contributed by atoms with Gasteiger partial charge in [-0.25, -0.2) is 0 Å². The van der Waals surface area contributed by atoms with E-state index in [2.05, 4.69) is 10.2 Å². The Kier molecular flexibility index (Phi) is 6.98. The predicted molar refractivity (Wildman–Crippen MR) is 98.6 cm³/mol. The van der Waals surface area contributed by atoms with Crippen LogP contribution in [0.4, 0.5) is 13.2 Å². The number of nitrogens with one attached hydrogen (secondary N) is 1. The first-order valence-corrected chi connectivity index (χ1v) is 9.58. The molecular formula is C19H23ClF3N3O2. The largest absolute Gasteiger partial charge is 0.435 e. The van der Waals surface area contributed by atoms with Crippen molar-refractivity contribution in [3.05, 3.63) is 52.3 Å². The lowest BCUT2D eigenvalue weighted by Gasteiger charge is -2.30. The molecule has 0 aliphatic carbocycles. The van der Waals surface area contributed by atoms with Crippen molar-refractivity contribution in [3.8, 4) is 0 Å². The molecule has 2 heterocycles. The standard InChI is InChI=1S/C19H23ClF3N3O2/c20-15-6-2-1-5-14(15)11-26(8-7-13-4-3-9-28-12-13)18(27)16-10-17(25-24-16)19(21,22)23/h1-2,5-6,10,13,18,27H,3-4,7-9,11-12H2,(H,24,25). The van der Waals surface area contributed by atoms with Gasteiger partial charge in [0, 0.05) is 31.3 Å². The van der Waals surface area contributed by atoms with Crippen molar-refractivity contribution >= 4 is 11.6 Å². The van der Waals surface area contributed by atoms with Crippen LogP contribution >= 0.6 is 11.6 Å². The van der Waals surface area contributed by atoms with Crippen LogP contribution < -0.4 is 0 Å². The van der Waals surface area contributed by atoms with Gasteiger partial charge in [-0.1, -0.05) is 29.8 Å². The third-order valence-corrected chi connectivity index (χ3v) is 5.29. The van der Waals surface area contributed by atoms with E-state index < -0.39 is 18.1 Å². The number of ether oxygens (including phenoxy) is 1. The SMILES string of the molecule is OC(c1cc(C(F)(F)F)n[nH]1)N(CCC1CCCOC1)Cc1ccccc1Cl. The average molecular weight is 418 g/mol. The van der Waals surface area contributed by atoms with E-state index in [4.69, 9.17) is 16.3 Å². The summed E-state index contributed by atoms with van der Waals surface area (Å²) in [7, 11) is 0. The summed E-state index contributed by atoms with van der Waals surface area (Å²) in [6.07, 6.45) is -3.03. The summed E-state index contributed by atoms with van der Waals surface area (Å²) in [6, 6.07) is 8.05. The maximum Gasteiger partial charge on any atom is 0.435 e. The van der Waals surface area contributed by atoms with E-state index in [1.165, 1.54) is 0 Å². The van der Waals surface area contributed by atoms with E-state index in [1.54, 1.807) is 17.0 Å². The van der Waals surface area contributed by atoms with Crippen LogP contribution in [0, 0.1) is 5.92 Å². The summed E-state index contributed by atoms with van der Waals surface area (Å²) in [4.78, 5) is 1.70. The molecule has 0 spiro atoms. The summed E-state index contributed by atoms with van der Waals surface area (Å²) >= 11 is 6.23. The molecule has 1 aliphatic heterocycles. The Morgan fingerprint density at radius 2 is 2.14 bits per heavy atom. The molecule has 2 aromatic rings. The molecule has 1 aromatic heterocycles. The van der Waals surface area contributed by atoms with Crippen LogP contribution in [0.2, 0.25) is 5.02 Å². The van der Waals surface area contributed by atoms with Gasteiger partial charge in [-0.3, -0.25) is 10.00 Å². The quantitative estimate of drug-likeness (QED) is 0.656. The number of aromatic nitrogens is 2. The molecule has 3 rings (SSSR count). The zero-order chi connectivity index (χ0) is 20.1. The van der Waals surface area contributed by atoms with Crippen LogP contribution in [-0.4, -0.2) is 40.0 Å². The maximum absolute atomic E-state index is 12.8. The minimum Gasteiger partial charge on any atom is -0.381 e. The van der Waals surface area contributed by atoms with Crippen LogP contribution in [0.5, 0.6) is 0 Å². The molecule has 2 atom stereocenters. The van der Waals surface area contributed by atoms with E-state index in [-0.39, 0.29) is 5.69 Å². The molecule has 154 valence electrons. The van der Waals surface area contributed by atoms with E-state index >= 15 is 0 Å². The summed E-state index contributed by atoms with van der Waals surface area (Å²) in [5.74, 6) is 0.363. The predicted octanol–water partition coefficient (Wildman–Crippen LogP) is 4.39. The van der Waals surface area contributed by atoms with Gasteiger partial charge in [-0.2, -0.15) is 18.3 Å². The van der Waals surface area contributed by atoms with Crippen LogP contribution in [0.25, 0.3) is 0 Å². The van der Waals surface area contributed by atoms with E-state index in [9.17, 15) is 18.3 Å². The normalized spacial score (nSPS) is 19.1. The fourth-order valence-electron chi connectivity index (χ4n) is 3.33. The molecular weight excluding hydrogens is 395 g/mol. The van der Waals surface area contributed by atoms with Crippen LogP contribution in [0.15, 0.2) is 30.3 Å². The van der Waals surface area contributed by atoms with Crippen molar-refractivity contribution < 1.29 is 23.0 Å².